The summed E-state index contributed by atoms with van der Waals surface area (Å²) in [7, 11) is 0. The van der Waals surface area contributed by atoms with Gasteiger partial charge in [-0.15, -0.1) is 26.4 Å². The maximum absolute atomic E-state index is 9.30. The first-order valence-electron chi connectivity index (χ1n) is 5.98. The van der Waals surface area contributed by atoms with E-state index in [1.165, 1.54) is 0 Å². The van der Waals surface area contributed by atoms with Gasteiger partial charge in [-0.1, -0.05) is 53.4 Å². The molecule has 152 valence electrons. The normalized spacial score (nSPS) is 5.22. The summed E-state index contributed by atoms with van der Waals surface area (Å²) in [6.45, 7) is 7.75. The Hall–Kier alpha value is 0.483. The summed E-state index contributed by atoms with van der Waals surface area (Å²) >= 11 is 0. The summed E-state index contributed by atoms with van der Waals surface area (Å²) in [6.07, 6.45) is 3.06. The first-order valence-corrected chi connectivity index (χ1v) is 5.98. The van der Waals surface area contributed by atoms with Crippen molar-refractivity contribution in [3.05, 3.63) is 0 Å². The van der Waals surface area contributed by atoms with Gasteiger partial charge in [0.15, 0.2) is 0 Å². The van der Waals surface area contributed by atoms with E-state index in [0.717, 1.165) is 25.7 Å². The zero-order valence-corrected chi connectivity index (χ0v) is 17.2. The molecule has 0 radical (unpaired) electrons. The largest absolute Gasteiger partial charge is 4.00 e. The molecule has 0 spiro atoms. The monoisotopic (exact) mass is 434 g/mol. The van der Waals surface area contributed by atoms with Gasteiger partial charge in [0.05, 0.1) is 0 Å². The number of rotatable bonds is 4. The molecule has 0 heterocycles. The maximum Gasteiger partial charge on any atom is 4.00 e. The van der Waals surface area contributed by atoms with Crippen molar-refractivity contribution in [2.45, 2.75) is 53.4 Å². The van der Waals surface area contributed by atoms with Crippen molar-refractivity contribution in [1.82, 2.24) is 0 Å². The Balaban J connectivity index is -0.00000000842. The molecule has 12 N–H and O–H groups in total. The van der Waals surface area contributed by atoms with E-state index in [1.807, 2.05) is 27.7 Å². The molecule has 0 aromatic heterocycles. The summed E-state index contributed by atoms with van der Waals surface area (Å²) in [4.78, 5) is 0. The Morgan fingerprint density at radius 1 is 0.391 bits per heavy atom. The van der Waals surface area contributed by atoms with E-state index >= 15 is 0 Å². The molecule has 0 bridgehead atoms. The minimum atomic E-state index is 0. The summed E-state index contributed by atoms with van der Waals surface area (Å²) in [5.41, 5.74) is 0. The first kappa shape index (κ1) is 76.2. The van der Waals surface area contributed by atoms with Crippen molar-refractivity contribution >= 4 is 0 Å². The van der Waals surface area contributed by atoms with Crippen molar-refractivity contribution in [3.63, 3.8) is 0 Å². The molecule has 0 fully saturated rings. The van der Waals surface area contributed by atoms with Crippen LogP contribution in [0.5, 0.6) is 0 Å². The molecule has 11 heteroatoms. The Kier molecular flexibility index (Phi) is 478. The van der Waals surface area contributed by atoms with Crippen LogP contribution in [0, 0.1) is 0 Å². The second-order valence-electron chi connectivity index (χ2n) is 2.82. The third-order valence-corrected chi connectivity index (χ3v) is 0.816. The van der Waals surface area contributed by atoms with E-state index in [4.69, 9.17) is 0 Å². The van der Waals surface area contributed by atoms with E-state index in [0.29, 0.717) is 0 Å². The molecule has 0 rings (SSSR count). The Morgan fingerprint density at radius 2 is 0.435 bits per heavy atom. The van der Waals surface area contributed by atoms with E-state index in [9.17, 15) is 20.4 Å². The zero-order valence-electron chi connectivity index (χ0n) is 14.8. The topological polar surface area (TPSA) is 281 Å². The summed E-state index contributed by atoms with van der Waals surface area (Å²) in [6, 6.07) is 0. The molecule has 0 unspecified atom stereocenters. The third kappa shape index (κ3) is 469. The van der Waals surface area contributed by atoms with Crippen LogP contribution in [0.3, 0.4) is 0 Å². The smallest absolute Gasteiger partial charge is 0.854 e. The van der Waals surface area contributed by atoms with E-state index in [2.05, 4.69) is 0 Å². The Labute approximate surface area is 159 Å². The van der Waals surface area contributed by atoms with Crippen molar-refractivity contribution in [1.29, 1.82) is 0 Å². The van der Waals surface area contributed by atoms with Crippen LogP contribution in [0.15, 0.2) is 0 Å². The average molecular weight is 436 g/mol. The van der Waals surface area contributed by atoms with Crippen LogP contribution in [0.25, 0.3) is 0 Å². The SMILES string of the molecule is CCC[O-].CCC[O-].CCC[O-].CCC[O-].O.O.O.O.O.O.[Zr+4]. The molecule has 0 atom stereocenters. The van der Waals surface area contributed by atoms with Crippen LogP contribution in [-0.2, 0) is 26.2 Å². The Bertz CT molecular complexity index is 51.8. The second kappa shape index (κ2) is 144. The van der Waals surface area contributed by atoms with Gasteiger partial charge in [0.2, 0.25) is 0 Å². The first-order chi connectivity index (χ1) is 7.66. The van der Waals surface area contributed by atoms with Gasteiger partial charge in [-0.2, -0.15) is 0 Å². The van der Waals surface area contributed by atoms with Crippen molar-refractivity contribution in [3.8, 4) is 0 Å². The summed E-state index contributed by atoms with van der Waals surface area (Å²) in [5.74, 6) is 0. The van der Waals surface area contributed by atoms with Crippen LogP contribution in [-0.4, -0.2) is 59.3 Å². The Morgan fingerprint density at radius 3 is 0.435 bits per heavy atom. The van der Waals surface area contributed by atoms with Gasteiger partial charge in [0.1, 0.15) is 0 Å². The van der Waals surface area contributed by atoms with Crippen molar-refractivity contribution in [2.24, 2.45) is 0 Å². The van der Waals surface area contributed by atoms with Gasteiger partial charge in [0.25, 0.3) is 0 Å². The van der Waals surface area contributed by atoms with E-state index < -0.39 is 0 Å². The fraction of sp³-hybridized carbons (Fsp3) is 1.00. The van der Waals surface area contributed by atoms with Gasteiger partial charge in [-0.05, 0) is 0 Å². The molecule has 0 aliphatic heterocycles. The minimum Gasteiger partial charge on any atom is -0.854 e. The van der Waals surface area contributed by atoms with Crippen molar-refractivity contribution < 1.29 is 79.5 Å². The molecule has 0 saturated heterocycles. The molecule has 0 aliphatic rings. The van der Waals surface area contributed by atoms with Gasteiger partial charge >= 0.3 is 26.2 Å². The minimum absolute atomic E-state index is 0. The molecule has 10 nitrogen and oxygen atoms in total. The van der Waals surface area contributed by atoms with Crippen LogP contribution in [0.4, 0.5) is 0 Å². The summed E-state index contributed by atoms with van der Waals surface area (Å²) in [5, 5.41) is 37.2. The van der Waals surface area contributed by atoms with Crippen LogP contribution in [0.2, 0.25) is 0 Å². The van der Waals surface area contributed by atoms with Crippen molar-refractivity contribution in [2.75, 3.05) is 26.4 Å². The molecule has 0 aliphatic carbocycles. The quantitative estimate of drug-likeness (QED) is 0.416. The van der Waals surface area contributed by atoms with Crippen LogP contribution >= 0.6 is 0 Å². The predicted molar refractivity (Wildman–Crippen MR) is 82.3 cm³/mol. The second-order valence-corrected chi connectivity index (χ2v) is 2.82. The summed E-state index contributed by atoms with van der Waals surface area (Å²) < 4.78 is 0. The van der Waals surface area contributed by atoms with Gasteiger partial charge in [-0.25, -0.2) is 0 Å². The fourth-order valence-electron chi connectivity index (χ4n) is 0. The fourth-order valence-corrected chi connectivity index (χ4v) is 0. The molecule has 0 saturated carbocycles. The predicted octanol–water partition coefficient (Wildman–Crippen LogP) is -5.92. The van der Waals surface area contributed by atoms with Gasteiger partial charge < -0.3 is 53.3 Å². The van der Waals surface area contributed by atoms with E-state index in [1.54, 1.807) is 0 Å². The van der Waals surface area contributed by atoms with Crippen LogP contribution < -0.4 is 20.4 Å². The molecule has 0 amide bonds. The average Bonchev–Trinajstić information content (AvgIpc) is 2.39. The molecular formula is C12H40O10Zr. The van der Waals surface area contributed by atoms with E-state index in [-0.39, 0.29) is 85.5 Å². The molecular weight excluding hydrogens is 395 g/mol. The van der Waals surface area contributed by atoms with Gasteiger partial charge in [-0.3, -0.25) is 0 Å². The standard InChI is InChI=1S/4C3H7O.6H2O.Zr/c4*1-2-3-4;;;;;;;/h4*2-3H2,1H3;6*1H2;/q4*-1;;;;;;;+4. The van der Waals surface area contributed by atoms with Gasteiger partial charge in [0, 0.05) is 0 Å². The molecule has 23 heavy (non-hydrogen) atoms. The number of hydrogen-bond donors (Lipinski definition) is 0. The molecule has 0 aromatic rings. The van der Waals surface area contributed by atoms with Crippen LogP contribution in [0.1, 0.15) is 53.4 Å². The zero-order chi connectivity index (χ0) is 13.7. The third-order valence-electron chi connectivity index (χ3n) is 0.816. The number of hydrogen-bond acceptors (Lipinski definition) is 4. The molecule has 0 aromatic carbocycles. The maximum atomic E-state index is 9.30.